The molecule has 0 bridgehead atoms. The van der Waals surface area contributed by atoms with E-state index in [0.29, 0.717) is 0 Å². The Morgan fingerprint density at radius 2 is 1.90 bits per heavy atom. The Labute approximate surface area is 119 Å². The van der Waals surface area contributed by atoms with Crippen LogP contribution in [-0.4, -0.2) is 28.0 Å². The van der Waals surface area contributed by atoms with E-state index in [1.54, 1.807) is 12.4 Å². The van der Waals surface area contributed by atoms with Crippen LogP contribution in [0.4, 0.5) is 11.6 Å². The van der Waals surface area contributed by atoms with Crippen molar-refractivity contribution >= 4 is 11.6 Å². The van der Waals surface area contributed by atoms with Crippen LogP contribution in [0.2, 0.25) is 0 Å². The molecule has 5 heteroatoms. The monoisotopic (exact) mass is 269 g/mol. The Morgan fingerprint density at radius 3 is 2.65 bits per heavy atom. The molecule has 3 heterocycles. The number of hydrogen-bond acceptors (Lipinski definition) is 5. The summed E-state index contributed by atoms with van der Waals surface area (Å²) in [5.74, 6) is 2.73. The standard InChI is InChI=1S/C15H19N5/c1-12-18-14(17-11-13-4-6-16-7-5-13)10-15(19-12)20-8-2-3-9-20/h4-7,10H,2-3,8-9,11H2,1H3,(H,17,18,19). The van der Waals surface area contributed by atoms with Crippen LogP contribution in [0.25, 0.3) is 0 Å². The second-order valence-electron chi connectivity index (χ2n) is 5.06. The number of hydrogen-bond donors (Lipinski definition) is 1. The van der Waals surface area contributed by atoms with Crippen molar-refractivity contribution in [2.45, 2.75) is 26.3 Å². The summed E-state index contributed by atoms with van der Waals surface area (Å²) >= 11 is 0. The minimum absolute atomic E-state index is 0.748. The second kappa shape index (κ2) is 5.86. The lowest BCUT2D eigenvalue weighted by Gasteiger charge is -2.17. The van der Waals surface area contributed by atoms with Crippen LogP contribution < -0.4 is 10.2 Å². The maximum absolute atomic E-state index is 4.54. The lowest BCUT2D eigenvalue weighted by Crippen LogP contribution is -2.20. The van der Waals surface area contributed by atoms with Gasteiger partial charge in [-0.2, -0.15) is 0 Å². The molecule has 0 atom stereocenters. The Bertz CT molecular complexity index is 564. The number of anilines is 2. The predicted molar refractivity (Wildman–Crippen MR) is 79.8 cm³/mol. The summed E-state index contributed by atoms with van der Waals surface area (Å²) in [4.78, 5) is 15.3. The Hall–Kier alpha value is -2.17. The summed E-state index contributed by atoms with van der Waals surface area (Å²) < 4.78 is 0. The number of pyridine rings is 1. The van der Waals surface area contributed by atoms with Gasteiger partial charge >= 0.3 is 0 Å². The van der Waals surface area contributed by atoms with E-state index in [2.05, 4.69) is 25.2 Å². The maximum Gasteiger partial charge on any atom is 0.134 e. The highest BCUT2D eigenvalue weighted by molar-refractivity contribution is 5.50. The van der Waals surface area contributed by atoms with E-state index in [0.717, 1.165) is 37.1 Å². The third kappa shape index (κ3) is 3.04. The van der Waals surface area contributed by atoms with Gasteiger partial charge in [0, 0.05) is 38.1 Å². The molecule has 3 rings (SSSR count). The lowest BCUT2D eigenvalue weighted by atomic mass is 10.3. The average molecular weight is 269 g/mol. The molecular weight excluding hydrogens is 250 g/mol. The number of aryl methyl sites for hydroxylation is 1. The van der Waals surface area contributed by atoms with E-state index in [-0.39, 0.29) is 0 Å². The van der Waals surface area contributed by atoms with E-state index < -0.39 is 0 Å². The third-order valence-electron chi connectivity index (χ3n) is 3.48. The Kier molecular flexibility index (Phi) is 3.76. The van der Waals surface area contributed by atoms with Crippen LogP contribution in [0, 0.1) is 6.92 Å². The quantitative estimate of drug-likeness (QED) is 0.923. The average Bonchev–Trinajstić information content (AvgIpc) is 3.00. The maximum atomic E-state index is 4.54. The normalized spacial score (nSPS) is 14.6. The fraction of sp³-hybridized carbons (Fsp3) is 0.400. The smallest absolute Gasteiger partial charge is 0.134 e. The van der Waals surface area contributed by atoms with Gasteiger partial charge in [-0.05, 0) is 37.5 Å². The molecule has 0 saturated carbocycles. The Morgan fingerprint density at radius 1 is 1.15 bits per heavy atom. The summed E-state index contributed by atoms with van der Waals surface area (Å²) in [6.45, 7) is 4.89. The van der Waals surface area contributed by atoms with Gasteiger partial charge in [0.1, 0.15) is 17.5 Å². The van der Waals surface area contributed by atoms with Crippen molar-refractivity contribution in [2.24, 2.45) is 0 Å². The largest absolute Gasteiger partial charge is 0.366 e. The molecule has 1 saturated heterocycles. The predicted octanol–water partition coefficient (Wildman–Crippen LogP) is 2.39. The molecule has 2 aromatic rings. The molecule has 0 unspecified atom stereocenters. The summed E-state index contributed by atoms with van der Waals surface area (Å²) in [5.41, 5.74) is 1.19. The van der Waals surface area contributed by atoms with Crippen molar-refractivity contribution in [3.8, 4) is 0 Å². The highest BCUT2D eigenvalue weighted by atomic mass is 15.2. The van der Waals surface area contributed by atoms with Gasteiger partial charge in [-0.15, -0.1) is 0 Å². The first kappa shape index (κ1) is 12.8. The number of nitrogens with zero attached hydrogens (tertiary/aromatic N) is 4. The van der Waals surface area contributed by atoms with Gasteiger partial charge in [-0.1, -0.05) is 0 Å². The van der Waals surface area contributed by atoms with Crippen molar-refractivity contribution in [1.29, 1.82) is 0 Å². The molecule has 0 amide bonds. The second-order valence-corrected chi connectivity index (χ2v) is 5.06. The fourth-order valence-electron chi connectivity index (χ4n) is 2.44. The Balaban J connectivity index is 1.72. The summed E-state index contributed by atoms with van der Waals surface area (Å²) in [6, 6.07) is 6.05. The molecule has 0 radical (unpaired) electrons. The molecular formula is C15H19N5. The van der Waals surface area contributed by atoms with E-state index >= 15 is 0 Å². The van der Waals surface area contributed by atoms with E-state index in [1.165, 1.54) is 18.4 Å². The highest BCUT2D eigenvalue weighted by Crippen LogP contribution is 2.20. The summed E-state index contributed by atoms with van der Waals surface area (Å²) in [6.07, 6.45) is 6.11. The zero-order chi connectivity index (χ0) is 13.8. The van der Waals surface area contributed by atoms with Gasteiger partial charge in [0.05, 0.1) is 0 Å². The number of nitrogens with one attached hydrogen (secondary N) is 1. The van der Waals surface area contributed by atoms with Crippen LogP contribution in [0.1, 0.15) is 24.2 Å². The van der Waals surface area contributed by atoms with Crippen molar-refractivity contribution in [3.05, 3.63) is 42.0 Å². The zero-order valence-corrected chi connectivity index (χ0v) is 11.7. The van der Waals surface area contributed by atoms with Gasteiger partial charge < -0.3 is 10.2 Å². The molecule has 1 aliphatic heterocycles. The number of aromatic nitrogens is 3. The van der Waals surface area contributed by atoms with Gasteiger partial charge in [0.2, 0.25) is 0 Å². The lowest BCUT2D eigenvalue weighted by molar-refractivity contribution is 0.907. The van der Waals surface area contributed by atoms with Crippen LogP contribution in [0.3, 0.4) is 0 Å². The number of rotatable bonds is 4. The fourth-order valence-corrected chi connectivity index (χ4v) is 2.44. The molecule has 104 valence electrons. The first-order chi connectivity index (χ1) is 9.81. The van der Waals surface area contributed by atoms with E-state index in [9.17, 15) is 0 Å². The van der Waals surface area contributed by atoms with Crippen molar-refractivity contribution in [2.75, 3.05) is 23.3 Å². The SMILES string of the molecule is Cc1nc(NCc2ccncc2)cc(N2CCCC2)n1. The topological polar surface area (TPSA) is 53.9 Å². The van der Waals surface area contributed by atoms with Crippen molar-refractivity contribution in [1.82, 2.24) is 15.0 Å². The van der Waals surface area contributed by atoms with Gasteiger partial charge in [0.25, 0.3) is 0 Å². The first-order valence-electron chi connectivity index (χ1n) is 7.05. The molecule has 0 aliphatic carbocycles. The molecule has 2 aromatic heterocycles. The summed E-state index contributed by atoms with van der Waals surface area (Å²) in [5, 5.41) is 3.36. The van der Waals surface area contributed by atoms with Crippen LogP contribution in [-0.2, 0) is 6.54 Å². The van der Waals surface area contributed by atoms with E-state index in [1.807, 2.05) is 25.1 Å². The minimum Gasteiger partial charge on any atom is -0.366 e. The third-order valence-corrected chi connectivity index (χ3v) is 3.48. The molecule has 1 fully saturated rings. The van der Waals surface area contributed by atoms with Crippen LogP contribution >= 0.6 is 0 Å². The van der Waals surface area contributed by atoms with Crippen LogP contribution in [0.5, 0.6) is 0 Å². The van der Waals surface area contributed by atoms with Crippen molar-refractivity contribution in [3.63, 3.8) is 0 Å². The highest BCUT2D eigenvalue weighted by Gasteiger charge is 2.14. The molecule has 5 nitrogen and oxygen atoms in total. The van der Waals surface area contributed by atoms with Gasteiger partial charge in [-0.3, -0.25) is 4.98 Å². The molecule has 20 heavy (non-hydrogen) atoms. The molecule has 1 aliphatic rings. The summed E-state index contributed by atoms with van der Waals surface area (Å²) in [7, 11) is 0. The first-order valence-corrected chi connectivity index (χ1v) is 7.05. The van der Waals surface area contributed by atoms with Crippen LogP contribution in [0.15, 0.2) is 30.6 Å². The van der Waals surface area contributed by atoms with Gasteiger partial charge in [0.15, 0.2) is 0 Å². The minimum atomic E-state index is 0.748. The molecule has 0 spiro atoms. The molecule has 1 N–H and O–H groups in total. The van der Waals surface area contributed by atoms with Crippen molar-refractivity contribution < 1.29 is 0 Å². The van der Waals surface area contributed by atoms with Gasteiger partial charge in [-0.25, -0.2) is 9.97 Å². The molecule has 0 aromatic carbocycles. The zero-order valence-electron chi connectivity index (χ0n) is 11.7. The van der Waals surface area contributed by atoms with E-state index in [4.69, 9.17) is 0 Å².